The predicted molar refractivity (Wildman–Crippen MR) is 102 cm³/mol. The van der Waals surface area contributed by atoms with Gasteiger partial charge in [-0.1, -0.05) is 22.0 Å². The SMILES string of the molecule is Cc1cc(Nc2ccnc(C(=O)NCc3cccnc3)c2)ccc1Br. The van der Waals surface area contributed by atoms with Crippen molar-refractivity contribution in [2.75, 3.05) is 5.32 Å². The van der Waals surface area contributed by atoms with Gasteiger partial charge in [-0.25, -0.2) is 0 Å². The number of nitrogens with zero attached hydrogens (tertiary/aromatic N) is 2. The van der Waals surface area contributed by atoms with E-state index in [0.717, 1.165) is 27.0 Å². The monoisotopic (exact) mass is 396 g/mol. The molecule has 0 bridgehead atoms. The maximum atomic E-state index is 12.3. The molecule has 0 saturated heterocycles. The van der Waals surface area contributed by atoms with E-state index in [9.17, 15) is 4.79 Å². The lowest BCUT2D eigenvalue weighted by atomic mass is 10.2. The van der Waals surface area contributed by atoms with E-state index in [4.69, 9.17) is 0 Å². The number of rotatable bonds is 5. The third-order valence-corrected chi connectivity index (χ3v) is 4.50. The average Bonchev–Trinajstić information content (AvgIpc) is 2.64. The molecule has 5 nitrogen and oxygen atoms in total. The van der Waals surface area contributed by atoms with Crippen LogP contribution in [0, 0.1) is 6.92 Å². The van der Waals surface area contributed by atoms with E-state index in [2.05, 4.69) is 36.5 Å². The van der Waals surface area contributed by atoms with E-state index >= 15 is 0 Å². The highest BCUT2D eigenvalue weighted by Gasteiger charge is 2.08. The number of hydrogen-bond donors (Lipinski definition) is 2. The largest absolute Gasteiger partial charge is 0.355 e. The second-order valence-corrected chi connectivity index (χ2v) is 6.42. The van der Waals surface area contributed by atoms with E-state index in [1.54, 1.807) is 24.7 Å². The summed E-state index contributed by atoms with van der Waals surface area (Å²) in [5.41, 5.74) is 4.20. The number of amides is 1. The Bertz CT molecular complexity index is 884. The highest BCUT2D eigenvalue weighted by molar-refractivity contribution is 9.10. The van der Waals surface area contributed by atoms with Crippen LogP contribution in [0.2, 0.25) is 0 Å². The second-order valence-electron chi connectivity index (χ2n) is 5.56. The summed E-state index contributed by atoms with van der Waals surface area (Å²) in [7, 11) is 0. The smallest absolute Gasteiger partial charge is 0.270 e. The standard InChI is InChI=1S/C19H17BrN4O/c1-13-9-15(4-5-17(13)20)24-16-6-8-22-18(10-16)19(25)23-12-14-3-2-7-21-11-14/h2-11H,12H2,1H3,(H,22,24)(H,23,25). The fourth-order valence-corrected chi connectivity index (χ4v) is 2.54. The molecule has 0 aliphatic heterocycles. The minimum atomic E-state index is -0.223. The first kappa shape index (κ1) is 17.1. The molecule has 0 atom stereocenters. The first-order valence-electron chi connectivity index (χ1n) is 7.78. The van der Waals surface area contributed by atoms with Crippen LogP contribution in [0.3, 0.4) is 0 Å². The van der Waals surface area contributed by atoms with Gasteiger partial charge < -0.3 is 10.6 Å². The lowest BCUT2D eigenvalue weighted by Gasteiger charge is -2.10. The van der Waals surface area contributed by atoms with Gasteiger partial charge in [-0.3, -0.25) is 14.8 Å². The van der Waals surface area contributed by atoms with Gasteiger partial charge in [0.05, 0.1) is 0 Å². The Hall–Kier alpha value is -2.73. The summed E-state index contributed by atoms with van der Waals surface area (Å²) >= 11 is 3.49. The van der Waals surface area contributed by atoms with Crippen LogP contribution in [0.25, 0.3) is 0 Å². The highest BCUT2D eigenvalue weighted by atomic mass is 79.9. The maximum Gasteiger partial charge on any atom is 0.270 e. The van der Waals surface area contributed by atoms with Crippen LogP contribution in [0.15, 0.2) is 65.5 Å². The number of pyridine rings is 2. The zero-order chi connectivity index (χ0) is 17.6. The normalized spacial score (nSPS) is 10.3. The summed E-state index contributed by atoms with van der Waals surface area (Å²) in [5, 5.41) is 6.14. The van der Waals surface area contributed by atoms with Crippen molar-refractivity contribution in [3.05, 3.63) is 82.3 Å². The molecule has 2 aromatic heterocycles. The molecule has 1 aromatic carbocycles. The Morgan fingerprint density at radius 1 is 1.12 bits per heavy atom. The van der Waals surface area contributed by atoms with Crippen LogP contribution in [0.5, 0.6) is 0 Å². The number of aromatic nitrogens is 2. The molecule has 3 rings (SSSR count). The molecular formula is C19H17BrN4O. The molecule has 0 aliphatic rings. The molecule has 0 spiro atoms. The molecule has 2 heterocycles. The minimum Gasteiger partial charge on any atom is -0.355 e. The van der Waals surface area contributed by atoms with E-state index < -0.39 is 0 Å². The number of halogens is 1. The summed E-state index contributed by atoms with van der Waals surface area (Å²) in [6.45, 7) is 2.44. The van der Waals surface area contributed by atoms with E-state index in [-0.39, 0.29) is 5.91 Å². The molecule has 25 heavy (non-hydrogen) atoms. The quantitative estimate of drug-likeness (QED) is 0.677. The van der Waals surface area contributed by atoms with Crippen molar-refractivity contribution in [1.29, 1.82) is 0 Å². The fraction of sp³-hybridized carbons (Fsp3) is 0.105. The van der Waals surface area contributed by atoms with Gasteiger partial charge in [-0.2, -0.15) is 0 Å². The minimum absolute atomic E-state index is 0.223. The Labute approximate surface area is 154 Å². The van der Waals surface area contributed by atoms with Gasteiger partial charge in [0, 0.05) is 41.0 Å². The maximum absolute atomic E-state index is 12.3. The van der Waals surface area contributed by atoms with E-state index in [1.807, 2.05) is 43.3 Å². The van der Waals surface area contributed by atoms with Gasteiger partial charge in [0.15, 0.2) is 0 Å². The van der Waals surface area contributed by atoms with Crippen molar-refractivity contribution in [3.63, 3.8) is 0 Å². The first-order chi connectivity index (χ1) is 12.1. The van der Waals surface area contributed by atoms with Gasteiger partial charge >= 0.3 is 0 Å². The number of carbonyl (C=O) groups is 1. The Morgan fingerprint density at radius 3 is 2.72 bits per heavy atom. The molecule has 0 unspecified atom stereocenters. The molecule has 0 fully saturated rings. The van der Waals surface area contributed by atoms with Gasteiger partial charge in [-0.15, -0.1) is 0 Å². The van der Waals surface area contributed by atoms with Crippen molar-refractivity contribution in [2.24, 2.45) is 0 Å². The van der Waals surface area contributed by atoms with Crippen molar-refractivity contribution >= 4 is 33.2 Å². The zero-order valence-electron chi connectivity index (χ0n) is 13.7. The second kappa shape index (κ2) is 7.90. The summed E-state index contributed by atoms with van der Waals surface area (Å²) in [5.74, 6) is -0.223. The average molecular weight is 397 g/mol. The summed E-state index contributed by atoms with van der Waals surface area (Å²) in [6, 6.07) is 13.3. The zero-order valence-corrected chi connectivity index (χ0v) is 15.2. The van der Waals surface area contributed by atoms with Crippen LogP contribution in [-0.4, -0.2) is 15.9 Å². The van der Waals surface area contributed by atoms with Crippen molar-refractivity contribution in [1.82, 2.24) is 15.3 Å². The molecule has 3 aromatic rings. The number of carbonyl (C=O) groups excluding carboxylic acids is 1. The predicted octanol–water partition coefficient (Wildman–Crippen LogP) is 4.22. The van der Waals surface area contributed by atoms with Crippen molar-refractivity contribution in [2.45, 2.75) is 13.5 Å². The fourth-order valence-electron chi connectivity index (χ4n) is 2.30. The van der Waals surface area contributed by atoms with Crippen LogP contribution in [0.1, 0.15) is 21.6 Å². The first-order valence-corrected chi connectivity index (χ1v) is 8.57. The van der Waals surface area contributed by atoms with Gasteiger partial charge in [0.1, 0.15) is 5.69 Å². The Balaban J connectivity index is 1.68. The summed E-state index contributed by atoms with van der Waals surface area (Å²) < 4.78 is 1.06. The molecule has 126 valence electrons. The number of aryl methyl sites for hydroxylation is 1. The van der Waals surface area contributed by atoms with Crippen LogP contribution in [-0.2, 0) is 6.54 Å². The summed E-state index contributed by atoms with van der Waals surface area (Å²) in [6.07, 6.45) is 5.04. The van der Waals surface area contributed by atoms with Crippen molar-refractivity contribution in [3.8, 4) is 0 Å². The van der Waals surface area contributed by atoms with Gasteiger partial charge in [0.25, 0.3) is 5.91 Å². The summed E-state index contributed by atoms with van der Waals surface area (Å²) in [4.78, 5) is 20.5. The third-order valence-electron chi connectivity index (χ3n) is 3.62. The highest BCUT2D eigenvalue weighted by Crippen LogP contribution is 2.23. The van der Waals surface area contributed by atoms with Gasteiger partial charge in [0.2, 0.25) is 0 Å². The topological polar surface area (TPSA) is 66.9 Å². The number of anilines is 2. The molecule has 0 aliphatic carbocycles. The lowest BCUT2D eigenvalue weighted by molar-refractivity contribution is 0.0946. The van der Waals surface area contributed by atoms with E-state index in [1.165, 1.54) is 0 Å². The van der Waals surface area contributed by atoms with Gasteiger partial charge in [-0.05, 0) is 54.4 Å². The molecule has 1 amide bonds. The number of nitrogens with one attached hydrogen (secondary N) is 2. The van der Waals surface area contributed by atoms with Crippen LogP contribution >= 0.6 is 15.9 Å². The van der Waals surface area contributed by atoms with Crippen molar-refractivity contribution < 1.29 is 4.79 Å². The van der Waals surface area contributed by atoms with Crippen LogP contribution in [0.4, 0.5) is 11.4 Å². The lowest BCUT2D eigenvalue weighted by Crippen LogP contribution is -2.23. The molecule has 0 radical (unpaired) electrons. The Morgan fingerprint density at radius 2 is 1.96 bits per heavy atom. The molecular weight excluding hydrogens is 380 g/mol. The molecule has 2 N–H and O–H groups in total. The number of benzene rings is 1. The molecule has 0 saturated carbocycles. The van der Waals surface area contributed by atoms with E-state index in [0.29, 0.717) is 12.2 Å². The Kier molecular flexibility index (Phi) is 5.40. The number of hydrogen-bond acceptors (Lipinski definition) is 4. The van der Waals surface area contributed by atoms with Crippen LogP contribution < -0.4 is 10.6 Å². The molecule has 6 heteroatoms. The third kappa shape index (κ3) is 4.64.